The third kappa shape index (κ3) is 4.57. The maximum atomic E-state index is 11.7. The standard InChI is InChI=1S/C18H18O5/c1-2-22-18(21)16(17(19)20)14-8-10-15(11-9-14)23-12-13-6-4-3-5-7-13/h3-11,16H,2,12H2,1H3,(H,19,20). The Bertz CT molecular complexity index is 649. The summed E-state index contributed by atoms with van der Waals surface area (Å²) in [5.74, 6) is -2.72. The molecule has 2 aromatic carbocycles. The smallest absolute Gasteiger partial charge is 0.324 e. The molecule has 5 nitrogen and oxygen atoms in total. The number of aliphatic carboxylic acids is 1. The Morgan fingerprint density at radius 1 is 1.04 bits per heavy atom. The van der Waals surface area contributed by atoms with Gasteiger partial charge in [-0.15, -0.1) is 0 Å². The van der Waals surface area contributed by atoms with Crippen LogP contribution in [0.2, 0.25) is 0 Å². The highest BCUT2D eigenvalue weighted by atomic mass is 16.5. The molecule has 5 heteroatoms. The van der Waals surface area contributed by atoms with Gasteiger partial charge in [-0.3, -0.25) is 9.59 Å². The first kappa shape index (κ1) is 16.5. The van der Waals surface area contributed by atoms with Gasteiger partial charge in [-0.2, -0.15) is 0 Å². The Morgan fingerprint density at radius 2 is 1.70 bits per heavy atom. The SMILES string of the molecule is CCOC(=O)C(C(=O)O)c1ccc(OCc2ccccc2)cc1. The van der Waals surface area contributed by atoms with Gasteiger partial charge >= 0.3 is 11.9 Å². The minimum atomic E-state index is -1.32. The van der Waals surface area contributed by atoms with Gasteiger partial charge in [0.15, 0.2) is 5.92 Å². The number of hydrogen-bond donors (Lipinski definition) is 1. The Balaban J connectivity index is 2.05. The number of esters is 1. The molecule has 0 fully saturated rings. The minimum absolute atomic E-state index is 0.140. The molecule has 1 unspecified atom stereocenters. The van der Waals surface area contributed by atoms with Crippen LogP contribution in [0.5, 0.6) is 5.75 Å². The van der Waals surface area contributed by atoms with Crippen LogP contribution in [-0.4, -0.2) is 23.7 Å². The van der Waals surface area contributed by atoms with Crippen molar-refractivity contribution in [1.29, 1.82) is 0 Å². The highest BCUT2D eigenvalue weighted by molar-refractivity contribution is 5.99. The van der Waals surface area contributed by atoms with Gasteiger partial charge in [-0.05, 0) is 30.2 Å². The van der Waals surface area contributed by atoms with E-state index in [2.05, 4.69) is 0 Å². The zero-order valence-corrected chi connectivity index (χ0v) is 12.8. The largest absolute Gasteiger partial charge is 0.489 e. The van der Waals surface area contributed by atoms with E-state index in [0.717, 1.165) is 5.56 Å². The maximum Gasteiger partial charge on any atom is 0.324 e. The molecule has 0 aliphatic rings. The lowest BCUT2D eigenvalue weighted by molar-refractivity contribution is -0.153. The van der Waals surface area contributed by atoms with E-state index in [-0.39, 0.29) is 6.61 Å². The van der Waals surface area contributed by atoms with Crippen molar-refractivity contribution in [2.24, 2.45) is 0 Å². The van der Waals surface area contributed by atoms with E-state index < -0.39 is 17.9 Å². The van der Waals surface area contributed by atoms with Gasteiger partial charge in [0, 0.05) is 0 Å². The van der Waals surface area contributed by atoms with Crippen molar-refractivity contribution in [3.63, 3.8) is 0 Å². The Kier molecular flexibility index (Phi) is 5.74. The molecule has 0 spiro atoms. The van der Waals surface area contributed by atoms with Gasteiger partial charge in [-0.25, -0.2) is 0 Å². The quantitative estimate of drug-likeness (QED) is 0.628. The first-order valence-corrected chi connectivity index (χ1v) is 7.28. The summed E-state index contributed by atoms with van der Waals surface area (Å²) in [6.45, 7) is 2.19. The lowest BCUT2D eigenvalue weighted by atomic mass is 9.99. The molecule has 0 aliphatic carbocycles. The van der Waals surface area contributed by atoms with Crippen molar-refractivity contribution in [2.75, 3.05) is 6.61 Å². The van der Waals surface area contributed by atoms with Crippen molar-refractivity contribution in [3.8, 4) is 5.75 Å². The normalized spacial score (nSPS) is 11.5. The van der Waals surface area contributed by atoms with Crippen LogP contribution in [0.3, 0.4) is 0 Å². The molecule has 0 radical (unpaired) electrons. The van der Waals surface area contributed by atoms with Crippen molar-refractivity contribution >= 4 is 11.9 Å². The average molecular weight is 314 g/mol. The summed E-state index contributed by atoms with van der Waals surface area (Å²) in [7, 11) is 0. The van der Waals surface area contributed by atoms with Crippen LogP contribution in [0.1, 0.15) is 24.0 Å². The number of benzene rings is 2. The van der Waals surface area contributed by atoms with E-state index in [4.69, 9.17) is 9.47 Å². The number of carboxylic acids is 1. The summed E-state index contributed by atoms with van der Waals surface area (Å²) in [5.41, 5.74) is 1.40. The highest BCUT2D eigenvalue weighted by Gasteiger charge is 2.29. The van der Waals surface area contributed by atoms with Gasteiger partial charge in [0.1, 0.15) is 12.4 Å². The van der Waals surface area contributed by atoms with Crippen molar-refractivity contribution in [1.82, 2.24) is 0 Å². The van der Waals surface area contributed by atoms with Crippen molar-refractivity contribution in [3.05, 3.63) is 65.7 Å². The molecule has 1 N–H and O–H groups in total. The third-order valence-electron chi connectivity index (χ3n) is 3.23. The molecule has 0 bridgehead atoms. The van der Waals surface area contributed by atoms with Gasteiger partial charge in [0.05, 0.1) is 6.61 Å². The molecule has 1 atom stereocenters. The Labute approximate surface area is 134 Å². The van der Waals surface area contributed by atoms with Crippen LogP contribution in [0.15, 0.2) is 54.6 Å². The lowest BCUT2D eigenvalue weighted by Crippen LogP contribution is -2.23. The summed E-state index contributed by atoms with van der Waals surface area (Å²) in [4.78, 5) is 23.0. The van der Waals surface area contributed by atoms with E-state index in [9.17, 15) is 14.7 Å². The summed E-state index contributed by atoms with van der Waals surface area (Å²) in [6.07, 6.45) is 0. The number of rotatable bonds is 7. The first-order chi connectivity index (χ1) is 11.1. The van der Waals surface area contributed by atoms with Crippen LogP contribution >= 0.6 is 0 Å². The predicted octanol–water partition coefficient (Wildman–Crippen LogP) is 3.00. The Hall–Kier alpha value is -2.82. The molecular weight excluding hydrogens is 296 g/mol. The molecular formula is C18H18O5. The zero-order valence-electron chi connectivity index (χ0n) is 12.8. The fourth-order valence-corrected chi connectivity index (χ4v) is 2.10. The van der Waals surface area contributed by atoms with Gasteiger partial charge in [-0.1, -0.05) is 42.5 Å². The third-order valence-corrected chi connectivity index (χ3v) is 3.23. The molecule has 120 valence electrons. The molecule has 2 aromatic rings. The molecule has 0 saturated heterocycles. The van der Waals surface area contributed by atoms with Crippen LogP contribution in [0.25, 0.3) is 0 Å². The molecule has 0 aliphatic heterocycles. The summed E-state index contributed by atoms with van der Waals surface area (Å²) in [6, 6.07) is 16.1. The van der Waals surface area contributed by atoms with E-state index in [1.807, 2.05) is 30.3 Å². The highest BCUT2D eigenvalue weighted by Crippen LogP contribution is 2.22. The zero-order chi connectivity index (χ0) is 16.7. The molecule has 0 amide bonds. The topological polar surface area (TPSA) is 72.8 Å². The van der Waals surface area contributed by atoms with Crippen molar-refractivity contribution < 1.29 is 24.2 Å². The number of carbonyl (C=O) groups is 2. The predicted molar refractivity (Wildman–Crippen MR) is 84.2 cm³/mol. The van der Waals surface area contributed by atoms with Crippen LogP contribution < -0.4 is 4.74 Å². The Morgan fingerprint density at radius 3 is 2.26 bits per heavy atom. The average Bonchev–Trinajstić information content (AvgIpc) is 2.55. The molecule has 0 heterocycles. The molecule has 0 saturated carbocycles. The molecule has 0 aromatic heterocycles. The van der Waals surface area contributed by atoms with E-state index >= 15 is 0 Å². The summed E-state index contributed by atoms with van der Waals surface area (Å²) in [5, 5.41) is 9.21. The first-order valence-electron chi connectivity index (χ1n) is 7.28. The second-order valence-electron chi connectivity index (χ2n) is 4.87. The number of ether oxygens (including phenoxy) is 2. The van der Waals surface area contributed by atoms with Gasteiger partial charge < -0.3 is 14.6 Å². The van der Waals surface area contributed by atoms with Gasteiger partial charge in [0.25, 0.3) is 0 Å². The second kappa shape index (κ2) is 7.98. The van der Waals surface area contributed by atoms with Crippen LogP contribution in [0, 0.1) is 0 Å². The lowest BCUT2D eigenvalue weighted by Gasteiger charge is -2.12. The van der Waals surface area contributed by atoms with E-state index in [1.54, 1.807) is 31.2 Å². The fraction of sp³-hybridized carbons (Fsp3) is 0.222. The summed E-state index contributed by atoms with van der Waals surface area (Å²) >= 11 is 0. The monoisotopic (exact) mass is 314 g/mol. The molecule has 23 heavy (non-hydrogen) atoms. The van der Waals surface area contributed by atoms with Gasteiger partial charge in [0.2, 0.25) is 0 Å². The van der Waals surface area contributed by atoms with E-state index in [0.29, 0.717) is 17.9 Å². The molecule has 2 rings (SSSR count). The minimum Gasteiger partial charge on any atom is -0.489 e. The fourth-order valence-electron chi connectivity index (χ4n) is 2.10. The summed E-state index contributed by atoms with van der Waals surface area (Å²) < 4.78 is 10.4. The van der Waals surface area contributed by atoms with Crippen LogP contribution in [0.4, 0.5) is 0 Å². The number of hydrogen-bond acceptors (Lipinski definition) is 4. The second-order valence-corrected chi connectivity index (χ2v) is 4.87. The number of carbonyl (C=O) groups excluding carboxylic acids is 1. The van der Waals surface area contributed by atoms with Crippen LogP contribution in [-0.2, 0) is 20.9 Å². The van der Waals surface area contributed by atoms with E-state index in [1.165, 1.54) is 0 Å². The maximum absolute atomic E-state index is 11.7. The van der Waals surface area contributed by atoms with Crippen molar-refractivity contribution in [2.45, 2.75) is 19.4 Å². The number of carboxylic acid groups (broad SMARTS) is 1.